The first kappa shape index (κ1) is 15.9. The molecule has 2 fully saturated rings. The molecule has 0 radical (unpaired) electrons. The van der Waals surface area contributed by atoms with Gasteiger partial charge in [0.2, 0.25) is 0 Å². The summed E-state index contributed by atoms with van der Waals surface area (Å²) in [5.41, 5.74) is 1.01. The molecule has 5 nitrogen and oxygen atoms in total. The quantitative estimate of drug-likeness (QED) is 0.820. The van der Waals surface area contributed by atoms with Gasteiger partial charge in [-0.3, -0.25) is 4.18 Å². The summed E-state index contributed by atoms with van der Waals surface area (Å²) in [6, 6.07) is 6.66. The van der Waals surface area contributed by atoms with Crippen LogP contribution in [-0.4, -0.2) is 38.8 Å². The molecule has 1 aromatic carbocycles. The number of hydrogen-bond donors (Lipinski definition) is 2. The zero-order valence-electron chi connectivity index (χ0n) is 12.7. The number of aliphatic hydroxyl groups excluding tert-OH is 1. The molecule has 1 heterocycles. The maximum absolute atomic E-state index is 12.2. The molecule has 0 bridgehead atoms. The van der Waals surface area contributed by atoms with Gasteiger partial charge in [-0.25, -0.2) is 0 Å². The molecule has 1 saturated heterocycles. The highest BCUT2D eigenvalue weighted by atomic mass is 32.2. The van der Waals surface area contributed by atoms with Gasteiger partial charge in [0.25, 0.3) is 10.1 Å². The van der Waals surface area contributed by atoms with Crippen LogP contribution < -0.4 is 5.32 Å². The lowest BCUT2D eigenvalue weighted by atomic mass is 9.77. The number of aliphatic hydroxyl groups is 1. The monoisotopic (exact) mass is 325 g/mol. The highest BCUT2D eigenvalue weighted by Crippen LogP contribution is 2.36. The van der Waals surface area contributed by atoms with E-state index in [0.29, 0.717) is 5.92 Å². The van der Waals surface area contributed by atoms with Gasteiger partial charge >= 0.3 is 0 Å². The summed E-state index contributed by atoms with van der Waals surface area (Å²) >= 11 is 0. The van der Waals surface area contributed by atoms with Gasteiger partial charge in [0, 0.05) is 18.5 Å². The van der Waals surface area contributed by atoms with E-state index in [1.165, 1.54) is 0 Å². The van der Waals surface area contributed by atoms with Gasteiger partial charge in [0.15, 0.2) is 0 Å². The second-order valence-electron chi connectivity index (χ2n) is 6.39. The third-order valence-corrected chi connectivity index (χ3v) is 6.22. The third kappa shape index (κ3) is 3.20. The number of hydrogen-bond acceptors (Lipinski definition) is 5. The van der Waals surface area contributed by atoms with Crippen LogP contribution in [0.1, 0.15) is 24.8 Å². The Balaban J connectivity index is 1.63. The number of rotatable bonds is 4. The molecule has 6 heteroatoms. The SMILES string of the molecule is Cc1ccc(S(=O)(=O)OCC2NCC3C(O)CCCC23)cc1. The molecular formula is C16H23NO4S. The fourth-order valence-electron chi connectivity index (χ4n) is 3.62. The van der Waals surface area contributed by atoms with E-state index in [4.69, 9.17) is 4.18 Å². The number of aryl methyl sites for hydroxylation is 1. The maximum Gasteiger partial charge on any atom is 0.297 e. The van der Waals surface area contributed by atoms with Crippen molar-refractivity contribution in [2.24, 2.45) is 11.8 Å². The van der Waals surface area contributed by atoms with Gasteiger partial charge in [-0.1, -0.05) is 24.1 Å². The molecule has 122 valence electrons. The Labute approximate surface area is 131 Å². The highest BCUT2D eigenvalue weighted by Gasteiger charge is 2.42. The van der Waals surface area contributed by atoms with E-state index in [9.17, 15) is 13.5 Å². The Hall–Kier alpha value is -0.950. The zero-order valence-corrected chi connectivity index (χ0v) is 13.6. The van der Waals surface area contributed by atoms with Crippen LogP contribution in [0.4, 0.5) is 0 Å². The number of benzene rings is 1. The van der Waals surface area contributed by atoms with E-state index < -0.39 is 10.1 Å². The van der Waals surface area contributed by atoms with Crippen LogP contribution in [0, 0.1) is 18.8 Å². The second-order valence-corrected chi connectivity index (χ2v) is 8.01. The molecule has 0 spiro atoms. The van der Waals surface area contributed by atoms with Gasteiger partial charge in [-0.05, 0) is 37.8 Å². The predicted molar refractivity (Wildman–Crippen MR) is 82.9 cm³/mol. The summed E-state index contributed by atoms with van der Waals surface area (Å²) in [7, 11) is -3.72. The summed E-state index contributed by atoms with van der Waals surface area (Å²) in [4.78, 5) is 0.191. The van der Waals surface area contributed by atoms with E-state index >= 15 is 0 Å². The number of nitrogens with one attached hydrogen (secondary N) is 1. The van der Waals surface area contributed by atoms with E-state index in [0.717, 1.165) is 31.4 Å². The molecule has 1 aromatic rings. The van der Waals surface area contributed by atoms with Crippen molar-refractivity contribution in [3.8, 4) is 0 Å². The summed E-state index contributed by atoms with van der Waals surface area (Å²) < 4.78 is 29.7. The van der Waals surface area contributed by atoms with Gasteiger partial charge < -0.3 is 10.4 Å². The Kier molecular flexibility index (Phi) is 4.54. The summed E-state index contributed by atoms with van der Waals surface area (Å²) in [5, 5.41) is 13.3. The summed E-state index contributed by atoms with van der Waals surface area (Å²) in [6.07, 6.45) is 2.58. The standard InChI is InChI=1S/C16H23NO4S/c1-11-5-7-12(8-6-11)22(19,20)21-10-15-13-3-2-4-16(18)14(13)9-17-15/h5-8,13-18H,2-4,9-10H2,1H3. The minimum atomic E-state index is -3.72. The largest absolute Gasteiger partial charge is 0.393 e. The Morgan fingerprint density at radius 1 is 1.23 bits per heavy atom. The van der Waals surface area contributed by atoms with Crippen LogP contribution in [0.25, 0.3) is 0 Å². The first-order valence-electron chi connectivity index (χ1n) is 7.85. The molecule has 22 heavy (non-hydrogen) atoms. The van der Waals surface area contributed by atoms with Crippen molar-refractivity contribution in [1.29, 1.82) is 0 Å². The molecule has 4 unspecified atom stereocenters. The molecule has 3 rings (SSSR count). The topological polar surface area (TPSA) is 75.6 Å². The van der Waals surface area contributed by atoms with Gasteiger partial charge in [-0.15, -0.1) is 0 Å². The van der Waals surface area contributed by atoms with Crippen LogP contribution in [0.5, 0.6) is 0 Å². The van der Waals surface area contributed by atoms with Crippen molar-refractivity contribution in [3.63, 3.8) is 0 Å². The van der Waals surface area contributed by atoms with Crippen molar-refractivity contribution in [2.75, 3.05) is 13.2 Å². The Morgan fingerprint density at radius 2 is 1.95 bits per heavy atom. The van der Waals surface area contributed by atoms with Crippen LogP contribution in [0.3, 0.4) is 0 Å². The predicted octanol–water partition coefficient (Wildman–Crippen LogP) is 1.45. The van der Waals surface area contributed by atoms with Gasteiger partial charge in [0.05, 0.1) is 17.6 Å². The lowest BCUT2D eigenvalue weighted by Gasteiger charge is -2.31. The third-order valence-electron chi connectivity index (χ3n) is 4.93. The molecule has 2 N–H and O–H groups in total. The van der Waals surface area contributed by atoms with Gasteiger partial charge in [-0.2, -0.15) is 8.42 Å². The van der Waals surface area contributed by atoms with Crippen molar-refractivity contribution in [1.82, 2.24) is 5.32 Å². The van der Waals surface area contributed by atoms with Crippen LogP contribution in [0.2, 0.25) is 0 Å². The minimum absolute atomic E-state index is 0.000161. The average Bonchev–Trinajstić information content (AvgIpc) is 2.90. The van der Waals surface area contributed by atoms with E-state index in [2.05, 4.69) is 5.32 Å². The van der Waals surface area contributed by atoms with Crippen molar-refractivity contribution >= 4 is 10.1 Å². The van der Waals surface area contributed by atoms with Crippen LogP contribution in [0.15, 0.2) is 29.2 Å². The molecule has 0 amide bonds. The van der Waals surface area contributed by atoms with Crippen LogP contribution in [-0.2, 0) is 14.3 Å². The summed E-state index contributed by atoms with van der Waals surface area (Å²) in [6.45, 7) is 2.78. The zero-order chi connectivity index (χ0) is 15.7. The second kappa shape index (κ2) is 6.28. The van der Waals surface area contributed by atoms with Crippen molar-refractivity contribution in [3.05, 3.63) is 29.8 Å². The first-order valence-corrected chi connectivity index (χ1v) is 9.26. The fourth-order valence-corrected chi connectivity index (χ4v) is 4.55. The molecule has 1 aliphatic heterocycles. The minimum Gasteiger partial charge on any atom is -0.393 e. The van der Waals surface area contributed by atoms with Crippen molar-refractivity contribution < 1.29 is 17.7 Å². The first-order chi connectivity index (χ1) is 10.5. The fraction of sp³-hybridized carbons (Fsp3) is 0.625. The maximum atomic E-state index is 12.2. The lowest BCUT2D eigenvalue weighted by Crippen LogP contribution is -2.37. The van der Waals surface area contributed by atoms with Gasteiger partial charge in [0.1, 0.15) is 0 Å². The molecule has 1 saturated carbocycles. The summed E-state index contributed by atoms with van der Waals surface area (Å²) in [5.74, 6) is 0.529. The highest BCUT2D eigenvalue weighted by molar-refractivity contribution is 7.86. The van der Waals surface area contributed by atoms with E-state index in [1.807, 2.05) is 6.92 Å². The Morgan fingerprint density at radius 3 is 2.68 bits per heavy atom. The number of fused-ring (bicyclic) bond motifs is 1. The molecule has 2 aliphatic rings. The molecule has 1 aliphatic carbocycles. The van der Waals surface area contributed by atoms with E-state index in [-0.39, 0.29) is 29.6 Å². The van der Waals surface area contributed by atoms with Crippen LogP contribution >= 0.6 is 0 Å². The van der Waals surface area contributed by atoms with E-state index in [1.54, 1.807) is 24.3 Å². The molecular weight excluding hydrogens is 302 g/mol. The Bertz CT molecular complexity index is 614. The van der Waals surface area contributed by atoms with Crippen molar-refractivity contribution in [2.45, 2.75) is 43.2 Å². The lowest BCUT2D eigenvalue weighted by molar-refractivity contribution is 0.0465. The average molecular weight is 325 g/mol. The molecule has 4 atom stereocenters. The normalized spacial score (nSPS) is 31.9. The molecule has 0 aromatic heterocycles. The smallest absolute Gasteiger partial charge is 0.297 e.